The van der Waals surface area contributed by atoms with Crippen LogP contribution in [0.2, 0.25) is 0 Å². The van der Waals surface area contributed by atoms with Crippen molar-refractivity contribution in [3.05, 3.63) is 12.7 Å². The molecule has 0 aromatic carbocycles. The maximum atomic E-state index is 5.78. The third-order valence-corrected chi connectivity index (χ3v) is 3.21. The van der Waals surface area contributed by atoms with Crippen LogP contribution < -0.4 is 0 Å². The maximum Gasteiger partial charge on any atom is 0.0905 e. The third-order valence-electron chi connectivity index (χ3n) is 3.21. The molecule has 0 radical (unpaired) electrons. The molecule has 0 heterocycles. The Kier molecular flexibility index (Phi) is 11.7. The fourth-order valence-electron chi connectivity index (χ4n) is 2.33. The molecule has 0 aliphatic heterocycles. The van der Waals surface area contributed by atoms with E-state index >= 15 is 0 Å². The molecule has 0 aromatic heterocycles. The highest BCUT2D eigenvalue weighted by atomic mass is 16.7. The predicted octanol–water partition coefficient (Wildman–Crippen LogP) is 4.49. The lowest BCUT2D eigenvalue weighted by molar-refractivity contribution is -0.149. The molecule has 3 nitrogen and oxygen atoms in total. The zero-order valence-electron chi connectivity index (χ0n) is 14.2. The van der Waals surface area contributed by atoms with E-state index in [-0.39, 0.29) is 6.04 Å². The zero-order chi connectivity index (χ0) is 15.4. The summed E-state index contributed by atoms with van der Waals surface area (Å²) in [6, 6.07) is 0.209. The molecule has 2 atom stereocenters. The number of hydrogen-bond acceptors (Lipinski definition) is 3. The zero-order valence-corrected chi connectivity index (χ0v) is 14.2. The number of nitrogens with zero attached hydrogens (tertiary/aromatic N) is 2. The highest BCUT2D eigenvalue weighted by molar-refractivity contribution is 5.85. The summed E-state index contributed by atoms with van der Waals surface area (Å²) in [7, 11) is 2.01. The summed E-state index contributed by atoms with van der Waals surface area (Å²) >= 11 is 0. The van der Waals surface area contributed by atoms with Crippen LogP contribution in [0.4, 0.5) is 0 Å². The Balaban J connectivity index is 4.09. The monoisotopic (exact) mass is 282 g/mol. The van der Waals surface area contributed by atoms with E-state index in [9.17, 15) is 0 Å². The van der Waals surface area contributed by atoms with E-state index in [4.69, 9.17) is 9.83 Å². The number of aliphatic imine (C=N–C) groups is 1. The van der Waals surface area contributed by atoms with Crippen molar-refractivity contribution in [3.8, 4) is 0 Å². The molecule has 0 rings (SSSR count). The fourth-order valence-corrected chi connectivity index (χ4v) is 2.33. The van der Waals surface area contributed by atoms with Crippen LogP contribution in [0.3, 0.4) is 0 Å². The van der Waals surface area contributed by atoms with Crippen molar-refractivity contribution < 1.29 is 4.84 Å². The second-order valence-electron chi connectivity index (χ2n) is 5.79. The molecular formula is C17H34N2O. The number of hydroxylamine groups is 2. The summed E-state index contributed by atoms with van der Waals surface area (Å²) in [5.74, 6) is 0.681. The van der Waals surface area contributed by atoms with Crippen molar-refractivity contribution in [2.24, 2.45) is 10.9 Å². The van der Waals surface area contributed by atoms with Crippen molar-refractivity contribution in [1.82, 2.24) is 5.06 Å². The van der Waals surface area contributed by atoms with Gasteiger partial charge in [-0.15, -0.1) is 6.58 Å². The first-order valence-corrected chi connectivity index (χ1v) is 8.03. The molecule has 20 heavy (non-hydrogen) atoms. The normalized spacial score (nSPS) is 15.4. The van der Waals surface area contributed by atoms with E-state index in [0.29, 0.717) is 12.5 Å². The quantitative estimate of drug-likeness (QED) is 0.299. The highest BCUT2D eigenvalue weighted by Gasteiger charge is 2.08. The van der Waals surface area contributed by atoms with Crippen LogP contribution in [0.1, 0.15) is 59.8 Å². The standard InChI is InChI=1S/C17H34N2O/c1-7-10-15(4)13-19(6)20-14-16(5)18-17(11-8-2)12-9-3/h8,15-16H,2,7,9-14H2,1,3-6H3. The lowest BCUT2D eigenvalue weighted by Crippen LogP contribution is -2.28. The molecule has 0 aromatic rings. The van der Waals surface area contributed by atoms with Gasteiger partial charge < -0.3 is 0 Å². The molecule has 0 aliphatic rings. The SMILES string of the molecule is C=CCC(CCC)=NC(C)CON(C)CC(C)CCC. The second-order valence-corrected chi connectivity index (χ2v) is 5.79. The van der Waals surface area contributed by atoms with Gasteiger partial charge in [0.1, 0.15) is 0 Å². The van der Waals surface area contributed by atoms with Gasteiger partial charge in [0.2, 0.25) is 0 Å². The Hall–Kier alpha value is -0.670. The van der Waals surface area contributed by atoms with Crippen molar-refractivity contribution in [3.63, 3.8) is 0 Å². The Bertz CT molecular complexity index is 276. The molecule has 0 N–H and O–H groups in total. The Labute approximate surface area is 126 Å². The molecule has 0 aliphatic carbocycles. The minimum absolute atomic E-state index is 0.209. The lowest BCUT2D eigenvalue weighted by atomic mass is 10.1. The molecule has 3 heteroatoms. The highest BCUT2D eigenvalue weighted by Crippen LogP contribution is 2.08. The van der Waals surface area contributed by atoms with Gasteiger partial charge in [-0.2, -0.15) is 5.06 Å². The van der Waals surface area contributed by atoms with Crippen LogP contribution in [0.5, 0.6) is 0 Å². The Morgan fingerprint density at radius 2 is 2.00 bits per heavy atom. The first-order chi connectivity index (χ1) is 9.53. The summed E-state index contributed by atoms with van der Waals surface area (Å²) in [6.07, 6.45) is 7.50. The molecule has 0 saturated carbocycles. The molecular weight excluding hydrogens is 248 g/mol. The van der Waals surface area contributed by atoms with Gasteiger partial charge in [-0.25, -0.2) is 0 Å². The first kappa shape index (κ1) is 19.3. The third kappa shape index (κ3) is 10.2. The van der Waals surface area contributed by atoms with Crippen molar-refractivity contribution in [2.75, 3.05) is 20.2 Å². The molecule has 0 amide bonds. The van der Waals surface area contributed by atoms with Crippen LogP contribution in [0.15, 0.2) is 17.6 Å². The van der Waals surface area contributed by atoms with E-state index in [1.54, 1.807) is 0 Å². The topological polar surface area (TPSA) is 24.8 Å². The summed E-state index contributed by atoms with van der Waals surface area (Å²) in [4.78, 5) is 10.5. The van der Waals surface area contributed by atoms with Gasteiger partial charge in [-0.3, -0.25) is 9.83 Å². The van der Waals surface area contributed by atoms with Crippen LogP contribution in [0.25, 0.3) is 0 Å². The maximum absolute atomic E-state index is 5.78. The van der Waals surface area contributed by atoms with Crippen molar-refractivity contribution in [2.45, 2.75) is 65.8 Å². The van der Waals surface area contributed by atoms with E-state index in [1.807, 2.05) is 18.2 Å². The van der Waals surface area contributed by atoms with Crippen molar-refractivity contribution in [1.29, 1.82) is 0 Å². The van der Waals surface area contributed by atoms with Gasteiger partial charge in [0.25, 0.3) is 0 Å². The van der Waals surface area contributed by atoms with Crippen LogP contribution in [-0.4, -0.2) is 37.0 Å². The molecule has 0 bridgehead atoms. The molecule has 0 spiro atoms. The molecule has 118 valence electrons. The predicted molar refractivity (Wildman–Crippen MR) is 89.3 cm³/mol. The van der Waals surface area contributed by atoms with E-state index in [0.717, 1.165) is 25.8 Å². The number of rotatable bonds is 12. The van der Waals surface area contributed by atoms with Gasteiger partial charge in [0.05, 0.1) is 12.6 Å². The second kappa shape index (κ2) is 12.1. The minimum Gasteiger partial charge on any atom is -0.297 e. The fraction of sp³-hybridized carbons (Fsp3) is 0.824. The van der Waals surface area contributed by atoms with Gasteiger partial charge in [0, 0.05) is 25.7 Å². The average molecular weight is 282 g/mol. The Morgan fingerprint density at radius 1 is 1.30 bits per heavy atom. The van der Waals surface area contributed by atoms with Crippen molar-refractivity contribution >= 4 is 5.71 Å². The summed E-state index contributed by atoms with van der Waals surface area (Å²) in [5, 5.41) is 1.96. The Morgan fingerprint density at radius 3 is 2.55 bits per heavy atom. The summed E-state index contributed by atoms with van der Waals surface area (Å²) in [6.45, 7) is 14.2. The van der Waals surface area contributed by atoms with Crippen LogP contribution >= 0.6 is 0 Å². The van der Waals surface area contributed by atoms with Gasteiger partial charge in [-0.1, -0.05) is 39.7 Å². The average Bonchev–Trinajstić information content (AvgIpc) is 2.37. The molecule has 0 saturated heterocycles. The smallest absolute Gasteiger partial charge is 0.0905 e. The van der Waals surface area contributed by atoms with Gasteiger partial charge >= 0.3 is 0 Å². The summed E-state index contributed by atoms with van der Waals surface area (Å²) < 4.78 is 0. The summed E-state index contributed by atoms with van der Waals surface area (Å²) in [5.41, 5.74) is 1.24. The largest absolute Gasteiger partial charge is 0.297 e. The molecule has 2 unspecified atom stereocenters. The van der Waals surface area contributed by atoms with Gasteiger partial charge in [0.15, 0.2) is 0 Å². The molecule has 0 fully saturated rings. The van der Waals surface area contributed by atoms with Crippen LogP contribution in [-0.2, 0) is 4.84 Å². The minimum atomic E-state index is 0.209. The number of hydrogen-bond donors (Lipinski definition) is 0. The lowest BCUT2D eigenvalue weighted by Gasteiger charge is -2.22. The van der Waals surface area contributed by atoms with E-state index < -0.39 is 0 Å². The number of allylic oxidation sites excluding steroid dienone is 1. The van der Waals surface area contributed by atoms with Gasteiger partial charge in [-0.05, 0) is 25.7 Å². The van der Waals surface area contributed by atoms with Crippen LogP contribution in [0, 0.1) is 5.92 Å². The first-order valence-electron chi connectivity index (χ1n) is 8.03. The van der Waals surface area contributed by atoms with E-state index in [1.165, 1.54) is 18.6 Å². The van der Waals surface area contributed by atoms with E-state index in [2.05, 4.69) is 34.3 Å².